The van der Waals surface area contributed by atoms with Gasteiger partial charge < -0.3 is 63.6 Å². The summed E-state index contributed by atoms with van der Waals surface area (Å²) in [6.45, 7) is 14.9. The van der Waals surface area contributed by atoms with Gasteiger partial charge in [-0.2, -0.15) is 0 Å². The number of pyridine rings is 1. The average Bonchev–Trinajstić information content (AvgIpc) is 3.99. The maximum atomic E-state index is 14.0. The number of benzene rings is 3. The van der Waals surface area contributed by atoms with Crippen molar-refractivity contribution in [2.75, 3.05) is 163 Å². The third-order valence-corrected chi connectivity index (χ3v) is 13.7. The van der Waals surface area contributed by atoms with Crippen LogP contribution in [0.3, 0.4) is 0 Å². The summed E-state index contributed by atoms with van der Waals surface area (Å²) in [7, 11) is 3.37. The molecule has 2 atom stereocenters. The molecule has 0 spiro atoms. The van der Waals surface area contributed by atoms with Gasteiger partial charge in [0.05, 0.1) is 123 Å². The lowest BCUT2D eigenvalue weighted by molar-refractivity contribution is -0.125. The van der Waals surface area contributed by atoms with Crippen LogP contribution in [0.15, 0.2) is 85.1 Å². The number of fused-ring (bicyclic) bond motifs is 1. The molecule has 2 unspecified atom stereocenters. The number of carbonyl (C=O) groups excluding carboxylic acids is 4. The fourth-order valence-corrected chi connectivity index (χ4v) is 9.41. The smallest absolute Gasteiger partial charge is 0.255 e. The molecule has 3 aromatic carbocycles. The molecule has 1 aliphatic heterocycles. The Bertz CT molecular complexity index is 2440. The van der Waals surface area contributed by atoms with Crippen LogP contribution < -0.4 is 20.9 Å². The third kappa shape index (κ3) is 20.1. The lowest BCUT2D eigenvalue weighted by Crippen LogP contribution is -2.46. The minimum absolute atomic E-state index is 0.0594. The van der Waals surface area contributed by atoms with Crippen LogP contribution in [-0.2, 0) is 49.1 Å². The minimum atomic E-state index is -0.396. The molecule has 4 aromatic rings. The van der Waals surface area contributed by atoms with Gasteiger partial charge in [-0.25, -0.2) is 0 Å². The molecule has 0 bridgehead atoms. The van der Waals surface area contributed by atoms with E-state index in [1.54, 1.807) is 61.7 Å². The molecule has 3 N–H and O–H groups in total. The number of carbonyl (C=O) groups is 4. The number of nitrogens with one attached hydrogen (secondary N) is 3. The molecule has 1 aliphatic carbocycles. The van der Waals surface area contributed by atoms with E-state index in [9.17, 15) is 19.2 Å². The Labute approximate surface area is 460 Å². The summed E-state index contributed by atoms with van der Waals surface area (Å²) >= 11 is 0. The monoisotopic (exact) mass is 1080 g/mol. The fourth-order valence-electron chi connectivity index (χ4n) is 9.41. The van der Waals surface area contributed by atoms with E-state index in [0.717, 1.165) is 63.0 Å². The lowest BCUT2D eigenvalue weighted by Gasteiger charge is -2.26. The number of hydrogen-bond donors (Lipinski definition) is 3. The number of nitrogens with zero attached hydrogens (tertiary/aromatic N) is 4. The van der Waals surface area contributed by atoms with Crippen LogP contribution in [0, 0.1) is 0 Å². The highest BCUT2D eigenvalue weighted by atomic mass is 16.6. The Hall–Kier alpha value is -5.87. The normalized spacial score (nSPS) is 15.2. The van der Waals surface area contributed by atoms with Gasteiger partial charge in [-0.3, -0.25) is 29.1 Å². The van der Waals surface area contributed by atoms with Crippen molar-refractivity contribution < 1.29 is 57.1 Å². The van der Waals surface area contributed by atoms with Crippen LogP contribution in [0.25, 0.3) is 11.3 Å². The van der Waals surface area contributed by atoms with Crippen LogP contribution in [-0.4, -0.2) is 197 Å². The van der Waals surface area contributed by atoms with Crippen molar-refractivity contribution in [2.24, 2.45) is 0 Å². The van der Waals surface area contributed by atoms with Crippen molar-refractivity contribution in [1.82, 2.24) is 25.4 Å². The molecule has 2 aliphatic rings. The topological polar surface area (TPSA) is 201 Å². The van der Waals surface area contributed by atoms with E-state index in [0.29, 0.717) is 152 Å². The van der Waals surface area contributed by atoms with Crippen molar-refractivity contribution in [3.8, 4) is 11.3 Å². The molecule has 0 saturated carbocycles. The van der Waals surface area contributed by atoms with Gasteiger partial charge in [-0.15, -0.1) is 0 Å². The molecule has 1 fully saturated rings. The zero-order chi connectivity index (χ0) is 55.2. The Morgan fingerprint density at radius 1 is 0.654 bits per heavy atom. The van der Waals surface area contributed by atoms with Crippen molar-refractivity contribution in [3.63, 3.8) is 0 Å². The van der Waals surface area contributed by atoms with Crippen molar-refractivity contribution in [3.05, 3.63) is 113 Å². The van der Waals surface area contributed by atoms with Gasteiger partial charge in [0, 0.05) is 81.0 Å². The van der Waals surface area contributed by atoms with Crippen LogP contribution in [0.4, 0.5) is 11.4 Å². The van der Waals surface area contributed by atoms with Crippen molar-refractivity contribution in [1.29, 1.82) is 0 Å². The van der Waals surface area contributed by atoms with Gasteiger partial charge >= 0.3 is 0 Å². The van der Waals surface area contributed by atoms with Gasteiger partial charge in [-0.1, -0.05) is 30.3 Å². The number of anilines is 2. The summed E-state index contributed by atoms with van der Waals surface area (Å²) in [5, 5.41) is 9.33. The second kappa shape index (κ2) is 34.9. The Morgan fingerprint density at radius 3 is 1.92 bits per heavy atom. The predicted octanol–water partition coefficient (Wildman–Crippen LogP) is 6.07. The number of likely N-dealkylation sites (N-methyl/N-ethyl adjacent to an activating group) is 1. The van der Waals surface area contributed by atoms with Crippen LogP contribution in [0.2, 0.25) is 0 Å². The summed E-state index contributed by atoms with van der Waals surface area (Å²) in [5.74, 6) is -0.884. The molecule has 0 radical (unpaired) electrons. The number of hydrogen-bond acceptors (Lipinski definition) is 15. The molecule has 19 heteroatoms. The van der Waals surface area contributed by atoms with E-state index in [1.165, 1.54) is 5.56 Å². The molecule has 1 aromatic heterocycles. The van der Waals surface area contributed by atoms with Crippen LogP contribution in [0.5, 0.6) is 0 Å². The number of ether oxygens (including phenoxy) is 8. The second-order valence-electron chi connectivity index (χ2n) is 19.0. The molecule has 19 nitrogen and oxygen atoms in total. The molecular weight excluding hydrogens is 999 g/mol. The standard InChI is InChI=1S/C59H83N7O12/c1-5-65(6-2)49-19-20-53(51(44-49)54-43-47(21-22-60-54)57(68)62-52-17-10-13-45-12-7-8-16-50(45)52)63-56(67)46-14-9-15-48(42-46)59(70)64(3)25-26-66-24-11-18-55(66)58(69)61-23-27-72-30-31-74-34-35-76-38-39-78-41-40-77-37-36-75-33-32-73-29-28-71-4/h7-9,12,14-16,19-22,42-44,52,55H,5-6,10-11,13,17-18,23-41H2,1-4H3,(H,61,69)(H,62,68)(H,63,67). The van der Waals surface area contributed by atoms with E-state index in [-0.39, 0.29) is 29.8 Å². The van der Waals surface area contributed by atoms with Gasteiger partial charge in [0.2, 0.25) is 5.91 Å². The largest absolute Gasteiger partial charge is 0.382 e. The highest BCUT2D eigenvalue weighted by Gasteiger charge is 2.31. The van der Waals surface area contributed by atoms with Gasteiger partial charge in [-0.05, 0) is 112 Å². The van der Waals surface area contributed by atoms with E-state index >= 15 is 0 Å². The number of amides is 4. The summed E-state index contributed by atoms with van der Waals surface area (Å²) in [4.78, 5) is 65.5. The van der Waals surface area contributed by atoms with Gasteiger partial charge in [0.25, 0.3) is 17.7 Å². The molecule has 6 rings (SSSR count). The molecule has 4 amide bonds. The van der Waals surface area contributed by atoms with E-state index in [1.807, 2.05) is 30.3 Å². The zero-order valence-corrected chi connectivity index (χ0v) is 46.3. The highest BCUT2D eigenvalue weighted by molar-refractivity contribution is 6.08. The van der Waals surface area contributed by atoms with Gasteiger partial charge in [0.1, 0.15) is 0 Å². The first-order valence-electron chi connectivity index (χ1n) is 27.7. The molecular formula is C59H83N7O12. The summed E-state index contributed by atoms with van der Waals surface area (Å²) in [5.41, 5.74) is 6.24. The molecule has 1 saturated heterocycles. The number of methoxy groups -OCH3 is 1. The number of rotatable bonds is 37. The number of likely N-dealkylation sites (tertiary alicyclic amines) is 1. The first-order valence-corrected chi connectivity index (χ1v) is 27.7. The maximum Gasteiger partial charge on any atom is 0.255 e. The molecule has 78 heavy (non-hydrogen) atoms. The Kier molecular flexibility index (Phi) is 27.4. The first-order chi connectivity index (χ1) is 38.2. The molecule has 426 valence electrons. The minimum Gasteiger partial charge on any atom is -0.382 e. The van der Waals surface area contributed by atoms with Crippen LogP contribution in [0.1, 0.15) is 87.8 Å². The zero-order valence-electron chi connectivity index (χ0n) is 46.3. The average molecular weight is 1080 g/mol. The van der Waals surface area contributed by atoms with E-state index < -0.39 is 5.91 Å². The fraction of sp³-hybridized carbons (Fsp3) is 0.542. The van der Waals surface area contributed by atoms with Crippen LogP contribution >= 0.6 is 0 Å². The van der Waals surface area contributed by atoms with E-state index in [4.69, 9.17) is 42.9 Å². The number of aryl methyl sites for hydroxylation is 1. The SMILES string of the molecule is CCN(CC)c1ccc(NC(=O)c2cccc(C(=O)N(C)CCN3CCCC3C(=O)NCCOCCOCCOCCOCCOCCOCCOCCOC)c2)c(-c2cc(C(=O)NC3CCCc4ccccc43)ccn2)c1. The number of aromatic nitrogens is 1. The third-order valence-electron chi connectivity index (χ3n) is 13.7. The molecule has 2 heterocycles. The van der Waals surface area contributed by atoms with E-state index in [2.05, 4.69) is 51.7 Å². The lowest BCUT2D eigenvalue weighted by atomic mass is 9.87. The summed E-state index contributed by atoms with van der Waals surface area (Å²) in [6, 6.07) is 23.9. The Morgan fingerprint density at radius 2 is 1.27 bits per heavy atom. The van der Waals surface area contributed by atoms with Crippen molar-refractivity contribution >= 4 is 35.0 Å². The second-order valence-corrected chi connectivity index (χ2v) is 19.0. The summed E-state index contributed by atoms with van der Waals surface area (Å²) < 4.78 is 43.5. The predicted molar refractivity (Wildman–Crippen MR) is 299 cm³/mol. The quantitative estimate of drug-likeness (QED) is 0.0440. The Balaban J connectivity index is 0.879. The van der Waals surface area contributed by atoms with Gasteiger partial charge in [0.15, 0.2) is 0 Å². The summed E-state index contributed by atoms with van der Waals surface area (Å²) in [6.07, 6.45) is 6.10. The van der Waals surface area contributed by atoms with Crippen molar-refractivity contribution in [2.45, 2.75) is 58.0 Å². The maximum absolute atomic E-state index is 14.0. The first kappa shape index (κ1) is 61.3. The highest BCUT2D eigenvalue weighted by Crippen LogP contribution is 2.33.